The number of hydrogen-bond donors (Lipinski definition) is 2. The topological polar surface area (TPSA) is 102 Å². The van der Waals surface area contributed by atoms with E-state index >= 15 is 0 Å². The number of ether oxygens (including phenoxy) is 2. The molecule has 0 saturated carbocycles. The van der Waals surface area contributed by atoms with Crippen molar-refractivity contribution < 1.29 is 27.8 Å². The fraction of sp³-hybridized carbons (Fsp3) is 0.462. The van der Waals surface area contributed by atoms with Crippen LogP contribution in [0.4, 0.5) is 0 Å². The minimum atomic E-state index is -4.04. The van der Waals surface area contributed by atoms with Crippen molar-refractivity contribution >= 4 is 16.0 Å². The standard InChI is InChI=1S/C13H19NO6S/c1-4-5-10(13(15)16)14-21(17,18)12-8-9(19-2)6-7-11(12)20-3/h6-8,10,14H,4-5H2,1-3H3,(H,15,16). The first kappa shape index (κ1) is 17.3. The van der Waals surface area contributed by atoms with Gasteiger partial charge < -0.3 is 14.6 Å². The van der Waals surface area contributed by atoms with Gasteiger partial charge in [-0.2, -0.15) is 4.72 Å². The fourth-order valence-electron chi connectivity index (χ4n) is 1.77. The number of benzene rings is 1. The summed E-state index contributed by atoms with van der Waals surface area (Å²) in [6.07, 6.45) is 0.732. The van der Waals surface area contributed by atoms with Gasteiger partial charge in [0.25, 0.3) is 0 Å². The minimum Gasteiger partial charge on any atom is -0.497 e. The van der Waals surface area contributed by atoms with E-state index in [4.69, 9.17) is 14.6 Å². The van der Waals surface area contributed by atoms with Crippen LogP contribution >= 0.6 is 0 Å². The van der Waals surface area contributed by atoms with Crippen molar-refractivity contribution in [1.29, 1.82) is 0 Å². The van der Waals surface area contributed by atoms with Gasteiger partial charge in [0.1, 0.15) is 22.4 Å². The molecule has 0 aliphatic carbocycles. The van der Waals surface area contributed by atoms with Crippen molar-refractivity contribution in [3.05, 3.63) is 18.2 Å². The smallest absolute Gasteiger partial charge is 0.321 e. The molecular weight excluding hydrogens is 298 g/mol. The molecule has 0 fully saturated rings. The van der Waals surface area contributed by atoms with Gasteiger partial charge in [0, 0.05) is 6.07 Å². The highest BCUT2D eigenvalue weighted by Crippen LogP contribution is 2.28. The quantitative estimate of drug-likeness (QED) is 0.748. The van der Waals surface area contributed by atoms with Crippen LogP contribution in [-0.2, 0) is 14.8 Å². The predicted octanol–water partition coefficient (Wildman–Crippen LogP) is 1.24. The maximum atomic E-state index is 12.4. The summed E-state index contributed by atoms with van der Waals surface area (Å²) >= 11 is 0. The molecule has 118 valence electrons. The molecule has 0 aromatic heterocycles. The number of carboxylic acids is 1. The summed E-state index contributed by atoms with van der Waals surface area (Å²) in [6.45, 7) is 1.77. The van der Waals surface area contributed by atoms with Crippen LogP contribution in [0.15, 0.2) is 23.1 Å². The van der Waals surface area contributed by atoms with Gasteiger partial charge in [0.2, 0.25) is 10.0 Å². The predicted molar refractivity (Wildman–Crippen MR) is 76.2 cm³/mol. The Hall–Kier alpha value is -1.80. The molecule has 0 aliphatic rings. The van der Waals surface area contributed by atoms with Crippen LogP contribution in [0.25, 0.3) is 0 Å². The number of rotatable bonds is 8. The molecule has 21 heavy (non-hydrogen) atoms. The molecule has 0 saturated heterocycles. The van der Waals surface area contributed by atoms with Crippen molar-refractivity contribution in [2.75, 3.05) is 14.2 Å². The average molecular weight is 317 g/mol. The summed E-state index contributed by atoms with van der Waals surface area (Å²) in [5.74, 6) is -0.773. The van der Waals surface area contributed by atoms with Gasteiger partial charge in [-0.05, 0) is 18.6 Å². The summed E-state index contributed by atoms with van der Waals surface area (Å²) in [5, 5.41) is 9.06. The molecule has 1 rings (SSSR count). The second kappa shape index (κ2) is 7.28. The van der Waals surface area contributed by atoms with E-state index in [9.17, 15) is 13.2 Å². The van der Waals surface area contributed by atoms with Crippen LogP contribution in [0.2, 0.25) is 0 Å². The molecule has 0 bridgehead atoms. The Morgan fingerprint density at radius 3 is 2.48 bits per heavy atom. The lowest BCUT2D eigenvalue weighted by molar-refractivity contribution is -0.139. The molecule has 7 nitrogen and oxygen atoms in total. The highest BCUT2D eigenvalue weighted by Gasteiger charge is 2.27. The zero-order valence-corrected chi connectivity index (χ0v) is 12.9. The maximum absolute atomic E-state index is 12.4. The molecule has 1 aromatic rings. The first-order valence-corrected chi connectivity index (χ1v) is 7.81. The lowest BCUT2D eigenvalue weighted by Crippen LogP contribution is -2.40. The van der Waals surface area contributed by atoms with Crippen molar-refractivity contribution in [3.8, 4) is 11.5 Å². The molecule has 0 radical (unpaired) electrons. The summed E-state index contributed by atoms with van der Waals surface area (Å²) in [7, 11) is -1.30. The Kier molecular flexibility index (Phi) is 5.98. The monoisotopic (exact) mass is 317 g/mol. The summed E-state index contributed by atoms with van der Waals surface area (Å²) in [4.78, 5) is 10.9. The number of methoxy groups -OCH3 is 2. The summed E-state index contributed by atoms with van der Waals surface area (Å²) in [5.41, 5.74) is 0. The lowest BCUT2D eigenvalue weighted by Gasteiger charge is -2.16. The van der Waals surface area contributed by atoms with E-state index in [-0.39, 0.29) is 17.1 Å². The van der Waals surface area contributed by atoms with Gasteiger partial charge in [-0.3, -0.25) is 4.79 Å². The van der Waals surface area contributed by atoms with Gasteiger partial charge in [-0.25, -0.2) is 8.42 Å². The van der Waals surface area contributed by atoms with E-state index in [0.29, 0.717) is 12.2 Å². The molecule has 2 N–H and O–H groups in total. The third-order valence-corrected chi connectivity index (χ3v) is 4.33. The number of sulfonamides is 1. The Morgan fingerprint density at radius 2 is 2.00 bits per heavy atom. The molecule has 1 unspecified atom stereocenters. The van der Waals surface area contributed by atoms with Gasteiger partial charge >= 0.3 is 5.97 Å². The van der Waals surface area contributed by atoms with E-state index in [2.05, 4.69) is 4.72 Å². The van der Waals surface area contributed by atoms with Gasteiger partial charge in [-0.1, -0.05) is 13.3 Å². The molecule has 8 heteroatoms. The Bertz CT molecular complexity index is 599. The molecule has 1 atom stereocenters. The van der Waals surface area contributed by atoms with Gasteiger partial charge in [0.05, 0.1) is 14.2 Å². The zero-order chi connectivity index (χ0) is 16.0. The molecule has 0 aliphatic heterocycles. The van der Waals surface area contributed by atoms with E-state index in [0.717, 1.165) is 0 Å². The average Bonchev–Trinajstić information content (AvgIpc) is 2.45. The Labute approximate surface area is 123 Å². The third kappa shape index (κ3) is 4.33. The highest BCUT2D eigenvalue weighted by atomic mass is 32.2. The molecular formula is C13H19NO6S. The van der Waals surface area contributed by atoms with Crippen molar-refractivity contribution in [2.45, 2.75) is 30.7 Å². The van der Waals surface area contributed by atoms with E-state index < -0.39 is 22.0 Å². The fourth-order valence-corrected chi connectivity index (χ4v) is 3.17. The minimum absolute atomic E-state index is 0.115. The van der Waals surface area contributed by atoms with Crippen LogP contribution in [0.5, 0.6) is 11.5 Å². The number of hydrogen-bond acceptors (Lipinski definition) is 5. The molecule has 1 aromatic carbocycles. The highest BCUT2D eigenvalue weighted by molar-refractivity contribution is 7.89. The largest absolute Gasteiger partial charge is 0.497 e. The number of nitrogens with one attached hydrogen (secondary N) is 1. The van der Waals surface area contributed by atoms with Crippen LogP contribution in [0.1, 0.15) is 19.8 Å². The Morgan fingerprint density at radius 1 is 1.33 bits per heavy atom. The van der Waals surface area contributed by atoms with Crippen LogP contribution in [0, 0.1) is 0 Å². The first-order chi connectivity index (χ1) is 9.85. The van der Waals surface area contributed by atoms with Gasteiger partial charge in [0.15, 0.2) is 0 Å². The van der Waals surface area contributed by atoms with Crippen LogP contribution < -0.4 is 14.2 Å². The van der Waals surface area contributed by atoms with E-state index in [1.807, 2.05) is 0 Å². The maximum Gasteiger partial charge on any atom is 0.321 e. The number of carbonyl (C=O) groups is 1. The van der Waals surface area contributed by atoms with Crippen molar-refractivity contribution in [1.82, 2.24) is 4.72 Å². The normalized spacial score (nSPS) is 12.7. The van der Waals surface area contributed by atoms with Crippen molar-refractivity contribution in [2.24, 2.45) is 0 Å². The molecule has 0 amide bonds. The summed E-state index contributed by atoms with van der Waals surface area (Å²) < 4.78 is 36.9. The Balaban J connectivity index is 3.20. The van der Waals surface area contributed by atoms with Gasteiger partial charge in [-0.15, -0.1) is 0 Å². The number of aliphatic carboxylic acids is 1. The SMILES string of the molecule is CCCC(NS(=O)(=O)c1cc(OC)ccc1OC)C(=O)O. The number of carboxylic acid groups (broad SMARTS) is 1. The second-order valence-electron chi connectivity index (χ2n) is 4.32. The first-order valence-electron chi connectivity index (χ1n) is 6.32. The molecule has 0 spiro atoms. The zero-order valence-electron chi connectivity index (χ0n) is 12.1. The van der Waals surface area contributed by atoms with Crippen molar-refractivity contribution in [3.63, 3.8) is 0 Å². The van der Waals surface area contributed by atoms with Crippen LogP contribution in [0.3, 0.4) is 0 Å². The molecule has 0 heterocycles. The third-order valence-electron chi connectivity index (χ3n) is 2.83. The van der Waals surface area contributed by atoms with Crippen LogP contribution in [-0.4, -0.2) is 39.8 Å². The van der Waals surface area contributed by atoms with E-state index in [1.165, 1.54) is 26.4 Å². The second-order valence-corrected chi connectivity index (χ2v) is 6.00. The van der Waals surface area contributed by atoms with E-state index in [1.54, 1.807) is 13.0 Å². The summed E-state index contributed by atoms with van der Waals surface area (Å²) in [6, 6.07) is 3.10. The lowest BCUT2D eigenvalue weighted by atomic mass is 10.2.